The predicted octanol–water partition coefficient (Wildman–Crippen LogP) is 1.77. The molecule has 1 unspecified atom stereocenters. The van der Waals surface area contributed by atoms with Gasteiger partial charge in [0.25, 0.3) is 5.91 Å². The molecule has 0 aliphatic carbocycles. The molecule has 0 bridgehead atoms. The second kappa shape index (κ2) is 6.52. The molecular formula is C15H19NO4. The Morgan fingerprint density at radius 2 is 2.05 bits per heavy atom. The summed E-state index contributed by atoms with van der Waals surface area (Å²) in [5.74, 6) is -0.751. The van der Waals surface area contributed by atoms with Gasteiger partial charge in [-0.15, -0.1) is 0 Å². The van der Waals surface area contributed by atoms with Gasteiger partial charge in [0.15, 0.2) is 0 Å². The maximum absolute atomic E-state index is 12.3. The second-order valence-corrected chi connectivity index (χ2v) is 5.13. The minimum absolute atomic E-state index is 0.0261. The molecule has 5 heteroatoms. The first-order valence-electron chi connectivity index (χ1n) is 6.69. The van der Waals surface area contributed by atoms with E-state index in [-0.39, 0.29) is 18.2 Å². The Bertz CT molecular complexity index is 483. The zero-order valence-corrected chi connectivity index (χ0v) is 11.5. The monoisotopic (exact) mass is 277 g/mol. The summed E-state index contributed by atoms with van der Waals surface area (Å²) in [4.78, 5) is 24.7. The van der Waals surface area contributed by atoms with Crippen LogP contribution in [0.15, 0.2) is 24.3 Å². The van der Waals surface area contributed by atoms with Crippen LogP contribution in [0.25, 0.3) is 0 Å². The van der Waals surface area contributed by atoms with Crippen molar-refractivity contribution in [3.05, 3.63) is 35.4 Å². The number of carboxylic acids is 1. The molecule has 1 heterocycles. The highest BCUT2D eigenvalue weighted by molar-refractivity contribution is 5.94. The van der Waals surface area contributed by atoms with E-state index < -0.39 is 5.97 Å². The number of benzene rings is 1. The first kappa shape index (κ1) is 14.5. The van der Waals surface area contributed by atoms with Gasteiger partial charge in [0.2, 0.25) is 0 Å². The molecular weight excluding hydrogens is 258 g/mol. The number of rotatable bonds is 5. The molecule has 20 heavy (non-hydrogen) atoms. The van der Waals surface area contributed by atoms with Gasteiger partial charge in [-0.3, -0.25) is 9.59 Å². The van der Waals surface area contributed by atoms with Crippen molar-refractivity contribution in [1.29, 1.82) is 0 Å². The molecule has 1 aliphatic rings. The Labute approximate surface area is 118 Å². The maximum Gasteiger partial charge on any atom is 0.303 e. The standard InChI is InChI=1S/C15H19NO4/c1-20-10-11-2-4-13(5-3-11)15(19)16-7-6-12(9-16)8-14(17)18/h2-5,12H,6-10H2,1H3,(H,17,18). The van der Waals surface area contributed by atoms with E-state index in [9.17, 15) is 9.59 Å². The molecule has 1 aliphatic heterocycles. The summed E-state index contributed by atoms with van der Waals surface area (Å²) >= 11 is 0. The van der Waals surface area contributed by atoms with Crippen LogP contribution in [0.4, 0.5) is 0 Å². The average Bonchev–Trinajstić information content (AvgIpc) is 2.87. The lowest BCUT2D eigenvalue weighted by molar-refractivity contribution is -0.138. The maximum atomic E-state index is 12.3. The van der Waals surface area contributed by atoms with Gasteiger partial charge in [0.1, 0.15) is 0 Å². The summed E-state index contributed by atoms with van der Waals surface area (Å²) in [5, 5.41) is 8.78. The third-order valence-electron chi connectivity index (χ3n) is 3.55. The first-order valence-corrected chi connectivity index (χ1v) is 6.69. The molecule has 0 saturated carbocycles. The van der Waals surface area contributed by atoms with E-state index in [1.165, 1.54) is 0 Å². The minimum atomic E-state index is -0.798. The normalized spacial score (nSPS) is 18.2. The molecule has 1 saturated heterocycles. The van der Waals surface area contributed by atoms with Crippen LogP contribution in [-0.2, 0) is 16.1 Å². The molecule has 0 radical (unpaired) electrons. The summed E-state index contributed by atoms with van der Waals surface area (Å²) in [7, 11) is 1.63. The van der Waals surface area contributed by atoms with Crippen LogP contribution in [-0.4, -0.2) is 42.1 Å². The third-order valence-corrected chi connectivity index (χ3v) is 3.55. The number of aliphatic carboxylic acids is 1. The lowest BCUT2D eigenvalue weighted by Gasteiger charge is -2.16. The quantitative estimate of drug-likeness (QED) is 0.890. The number of hydrogen-bond donors (Lipinski definition) is 1. The summed E-state index contributed by atoms with van der Waals surface area (Å²) in [6, 6.07) is 7.34. The number of amides is 1. The Kier molecular flexibility index (Phi) is 4.74. The van der Waals surface area contributed by atoms with Gasteiger partial charge in [0.05, 0.1) is 6.61 Å². The van der Waals surface area contributed by atoms with Crippen molar-refractivity contribution in [2.45, 2.75) is 19.4 Å². The third kappa shape index (κ3) is 3.57. The predicted molar refractivity (Wildman–Crippen MR) is 73.4 cm³/mol. The smallest absolute Gasteiger partial charge is 0.303 e. The summed E-state index contributed by atoms with van der Waals surface area (Å²) < 4.78 is 5.03. The van der Waals surface area contributed by atoms with Crippen molar-refractivity contribution in [1.82, 2.24) is 4.90 Å². The van der Waals surface area contributed by atoms with Crippen molar-refractivity contribution in [2.75, 3.05) is 20.2 Å². The van der Waals surface area contributed by atoms with Crippen molar-refractivity contribution in [3.63, 3.8) is 0 Å². The van der Waals surface area contributed by atoms with E-state index in [1.54, 1.807) is 24.1 Å². The van der Waals surface area contributed by atoms with Crippen LogP contribution in [0, 0.1) is 5.92 Å². The number of hydrogen-bond acceptors (Lipinski definition) is 3. The number of ether oxygens (including phenoxy) is 1. The minimum Gasteiger partial charge on any atom is -0.481 e. The Morgan fingerprint density at radius 1 is 1.35 bits per heavy atom. The molecule has 1 amide bonds. The van der Waals surface area contributed by atoms with Crippen molar-refractivity contribution in [3.8, 4) is 0 Å². The molecule has 0 aromatic heterocycles. The zero-order chi connectivity index (χ0) is 14.5. The number of carboxylic acid groups (broad SMARTS) is 1. The molecule has 5 nitrogen and oxygen atoms in total. The van der Waals surface area contributed by atoms with Gasteiger partial charge < -0.3 is 14.7 Å². The zero-order valence-electron chi connectivity index (χ0n) is 11.5. The molecule has 108 valence electrons. The molecule has 1 fully saturated rings. The molecule has 1 N–H and O–H groups in total. The van der Waals surface area contributed by atoms with Crippen LogP contribution in [0.2, 0.25) is 0 Å². The number of carbonyl (C=O) groups is 2. The highest BCUT2D eigenvalue weighted by Crippen LogP contribution is 2.21. The van der Waals surface area contributed by atoms with Crippen LogP contribution >= 0.6 is 0 Å². The molecule has 1 aromatic carbocycles. The van der Waals surface area contributed by atoms with E-state index in [2.05, 4.69) is 0 Å². The lowest BCUT2D eigenvalue weighted by atomic mass is 10.1. The van der Waals surface area contributed by atoms with Crippen LogP contribution in [0.1, 0.15) is 28.8 Å². The molecule has 1 aromatic rings. The summed E-state index contributed by atoms with van der Waals surface area (Å²) in [6.07, 6.45) is 0.899. The first-order chi connectivity index (χ1) is 9.60. The average molecular weight is 277 g/mol. The highest BCUT2D eigenvalue weighted by atomic mass is 16.5. The molecule has 2 rings (SSSR count). The Morgan fingerprint density at radius 3 is 2.65 bits per heavy atom. The van der Waals surface area contributed by atoms with Gasteiger partial charge in [-0.25, -0.2) is 0 Å². The van der Waals surface area contributed by atoms with E-state index in [4.69, 9.17) is 9.84 Å². The number of nitrogens with zero attached hydrogens (tertiary/aromatic N) is 1. The fourth-order valence-electron chi connectivity index (χ4n) is 2.52. The van der Waals surface area contributed by atoms with Gasteiger partial charge in [-0.05, 0) is 30.0 Å². The number of methoxy groups -OCH3 is 1. The number of likely N-dealkylation sites (tertiary alicyclic amines) is 1. The fourth-order valence-corrected chi connectivity index (χ4v) is 2.52. The SMILES string of the molecule is COCc1ccc(C(=O)N2CCC(CC(=O)O)C2)cc1. The van der Waals surface area contributed by atoms with Crippen molar-refractivity contribution < 1.29 is 19.4 Å². The van der Waals surface area contributed by atoms with Crippen LogP contribution in [0.3, 0.4) is 0 Å². The Hall–Kier alpha value is -1.88. The molecule has 1 atom stereocenters. The largest absolute Gasteiger partial charge is 0.481 e. The molecule has 0 spiro atoms. The van der Waals surface area contributed by atoms with E-state index in [0.29, 0.717) is 25.3 Å². The van der Waals surface area contributed by atoms with Gasteiger partial charge in [-0.2, -0.15) is 0 Å². The van der Waals surface area contributed by atoms with Gasteiger partial charge in [0, 0.05) is 32.2 Å². The second-order valence-electron chi connectivity index (χ2n) is 5.13. The Balaban J connectivity index is 1.96. The topological polar surface area (TPSA) is 66.8 Å². The van der Waals surface area contributed by atoms with Gasteiger partial charge in [-0.1, -0.05) is 12.1 Å². The van der Waals surface area contributed by atoms with E-state index in [0.717, 1.165) is 12.0 Å². The van der Waals surface area contributed by atoms with Crippen molar-refractivity contribution >= 4 is 11.9 Å². The van der Waals surface area contributed by atoms with E-state index >= 15 is 0 Å². The summed E-state index contributed by atoms with van der Waals surface area (Å²) in [5.41, 5.74) is 1.66. The highest BCUT2D eigenvalue weighted by Gasteiger charge is 2.28. The number of carbonyl (C=O) groups excluding carboxylic acids is 1. The van der Waals surface area contributed by atoms with Gasteiger partial charge >= 0.3 is 5.97 Å². The van der Waals surface area contributed by atoms with Crippen LogP contribution in [0.5, 0.6) is 0 Å². The summed E-state index contributed by atoms with van der Waals surface area (Å²) in [6.45, 7) is 1.69. The van der Waals surface area contributed by atoms with Crippen molar-refractivity contribution in [2.24, 2.45) is 5.92 Å². The fraction of sp³-hybridized carbons (Fsp3) is 0.467. The van der Waals surface area contributed by atoms with Crippen LogP contribution < -0.4 is 0 Å². The van der Waals surface area contributed by atoms with E-state index in [1.807, 2.05) is 12.1 Å². The lowest BCUT2D eigenvalue weighted by Crippen LogP contribution is -2.29.